The van der Waals surface area contributed by atoms with Crippen molar-refractivity contribution in [2.45, 2.75) is 118 Å². The number of esters is 1. The van der Waals surface area contributed by atoms with Crippen LogP contribution in [0, 0.1) is 11.3 Å². The number of rotatable bonds is 18. The molecule has 1 saturated carbocycles. The fourth-order valence-electron chi connectivity index (χ4n) is 5.15. The predicted molar refractivity (Wildman–Crippen MR) is 210 cm³/mol. The van der Waals surface area contributed by atoms with E-state index in [9.17, 15) is 19.2 Å². The normalized spacial score (nSPS) is 16.5. The predicted octanol–water partition coefficient (Wildman–Crippen LogP) is 6.62. The molecule has 2 fully saturated rings. The molecular weight excluding hydrogens is 683 g/mol. The second-order valence-electron chi connectivity index (χ2n) is 11.6. The van der Waals surface area contributed by atoms with E-state index in [0.717, 1.165) is 55.9 Å². The molecule has 12 nitrogen and oxygen atoms in total. The van der Waals surface area contributed by atoms with Gasteiger partial charge in [0.15, 0.2) is 0 Å². The lowest BCUT2D eigenvalue weighted by atomic mass is 10.1. The third-order valence-corrected chi connectivity index (χ3v) is 8.91. The van der Waals surface area contributed by atoms with Crippen LogP contribution in [0.15, 0.2) is 41.8 Å². The number of unbranched alkanes of at least 4 members (excludes halogenated alkanes) is 3. The van der Waals surface area contributed by atoms with Crippen LogP contribution in [0.25, 0.3) is 0 Å². The van der Waals surface area contributed by atoms with E-state index in [4.69, 9.17) is 25.4 Å². The van der Waals surface area contributed by atoms with E-state index in [1.165, 1.54) is 17.8 Å². The Morgan fingerprint density at radius 3 is 2.31 bits per heavy atom. The Bertz CT molecular complexity index is 1280. The van der Waals surface area contributed by atoms with Gasteiger partial charge in [-0.05, 0) is 70.1 Å². The van der Waals surface area contributed by atoms with Crippen molar-refractivity contribution in [2.75, 3.05) is 33.5 Å². The molecule has 0 bridgehead atoms. The largest absolute Gasteiger partial charge is 0.494 e. The molecule has 2 heterocycles. The Balaban J connectivity index is 0.000000807. The average molecular weight is 748 g/mol. The minimum atomic E-state index is -0.487. The molecule has 1 aromatic carbocycles. The molecular formula is C39H65N5O7S. The summed E-state index contributed by atoms with van der Waals surface area (Å²) in [5.74, 6) is 0.862. The van der Waals surface area contributed by atoms with Gasteiger partial charge in [0, 0.05) is 42.0 Å². The van der Waals surface area contributed by atoms with Crippen LogP contribution in [0.2, 0.25) is 0 Å². The van der Waals surface area contributed by atoms with E-state index in [1.807, 2.05) is 71.9 Å². The van der Waals surface area contributed by atoms with Crippen molar-refractivity contribution in [3.05, 3.63) is 52.2 Å². The number of ether oxygens (including phenoxy) is 3. The third-order valence-electron chi connectivity index (χ3n) is 7.79. The lowest BCUT2D eigenvalue weighted by molar-refractivity contribution is -0.143. The number of para-hydroxylation sites is 1. The van der Waals surface area contributed by atoms with Crippen LogP contribution < -0.4 is 21.1 Å². The number of nitrogen functional groups attached to an aromatic ring is 1. The number of fused-ring (bicyclic) bond motifs is 1. The third kappa shape index (κ3) is 19.0. The van der Waals surface area contributed by atoms with E-state index in [0.29, 0.717) is 37.3 Å². The number of piperidine rings is 1. The van der Waals surface area contributed by atoms with Gasteiger partial charge in [-0.1, -0.05) is 65.7 Å². The van der Waals surface area contributed by atoms with Gasteiger partial charge in [-0.25, -0.2) is 0 Å². The highest BCUT2D eigenvalue weighted by molar-refractivity contribution is 7.10. The summed E-state index contributed by atoms with van der Waals surface area (Å²) < 4.78 is 15.1. The van der Waals surface area contributed by atoms with E-state index >= 15 is 0 Å². The molecule has 3 unspecified atom stereocenters. The molecule has 1 aliphatic carbocycles. The first-order valence-corrected chi connectivity index (χ1v) is 19.6. The van der Waals surface area contributed by atoms with Crippen LogP contribution in [0.5, 0.6) is 5.75 Å². The van der Waals surface area contributed by atoms with Gasteiger partial charge in [0.05, 0.1) is 25.8 Å². The molecule has 1 aliphatic heterocycles. The molecule has 3 amide bonds. The first-order valence-electron chi connectivity index (χ1n) is 18.7. The number of hydrogen-bond acceptors (Lipinski definition) is 9. The summed E-state index contributed by atoms with van der Waals surface area (Å²) in [4.78, 5) is 48.7. The van der Waals surface area contributed by atoms with Gasteiger partial charge in [-0.2, -0.15) is 0 Å². The lowest BCUT2D eigenvalue weighted by Crippen LogP contribution is -2.50. The Labute approximate surface area is 316 Å². The van der Waals surface area contributed by atoms with Crippen molar-refractivity contribution < 1.29 is 33.4 Å². The maximum absolute atomic E-state index is 12.7. The van der Waals surface area contributed by atoms with E-state index in [1.54, 1.807) is 23.5 Å². The maximum Gasteiger partial charge on any atom is 0.305 e. The Kier molecular flexibility index (Phi) is 27.3. The maximum atomic E-state index is 12.7. The minimum absolute atomic E-state index is 0.00337. The Morgan fingerprint density at radius 2 is 1.73 bits per heavy atom. The highest BCUT2D eigenvalue weighted by Gasteiger charge is 2.55. The zero-order valence-electron chi connectivity index (χ0n) is 32.7. The van der Waals surface area contributed by atoms with Crippen molar-refractivity contribution in [3.63, 3.8) is 0 Å². The fourth-order valence-corrected chi connectivity index (χ4v) is 6.06. The number of carbonyl (C=O) groups excluding carboxylic acids is 4. The molecule has 1 aromatic heterocycles. The van der Waals surface area contributed by atoms with Gasteiger partial charge in [0.1, 0.15) is 17.6 Å². The first-order chi connectivity index (χ1) is 25.2. The van der Waals surface area contributed by atoms with Gasteiger partial charge in [-0.3, -0.25) is 24.6 Å². The minimum Gasteiger partial charge on any atom is -0.494 e. The van der Waals surface area contributed by atoms with E-state index in [-0.39, 0.29) is 42.2 Å². The second-order valence-corrected chi connectivity index (χ2v) is 12.6. The summed E-state index contributed by atoms with van der Waals surface area (Å²) in [5.41, 5.74) is 6.11. The van der Waals surface area contributed by atoms with Crippen LogP contribution in [0.3, 0.4) is 0 Å². The number of amidine groups is 1. The van der Waals surface area contributed by atoms with Crippen LogP contribution in [0.1, 0.15) is 116 Å². The molecule has 0 radical (unpaired) electrons. The molecule has 4 atom stereocenters. The standard InChI is InChI=1S/C16H21N5O3S.C10H14O.C9H18O3.2C2H6/c1-8(13-4-10(6-25-13)15(17)18)20-16(24)12-3-9-2-11(9)21(12)14(23)5-19-7-22;1-2-3-9-11-10-7-5-4-6-8-10;1-3-12-9(10)7-5-4-6-8-11-2;2*1-2/h4,6-9,11-12H,2-3,5H2,1H3,(H3,17,18)(H,19,22)(H,20,24);4-8H,2-3,9H2,1H3;3-8H2,1-2H3;2*1-2H3/t8-,9?,11?,12?;;;;/m1..../s1. The molecule has 5 N–H and O–H groups in total. The molecule has 4 rings (SSSR count). The topological polar surface area (TPSA) is 173 Å². The van der Waals surface area contributed by atoms with Gasteiger partial charge >= 0.3 is 5.97 Å². The van der Waals surface area contributed by atoms with Gasteiger partial charge in [-0.15, -0.1) is 11.3 Å². The van der Waals surface area contributed by atoms with Crippen molar-refractivity contribution in [3.8, 4) is 5.75 Å². The molecule has 0 spiro atoms. The number of carbonyl (C=O) groups is 4. The molecule has 294 valence electrons. The lowest BCUT2D eigenvalue weighted by Gasteiger charge is -2.27. The first kappa shape index (κ1) is 48.0. The van der Waals surface area contributed by atoms with Crippen LogP contribution in [0.4, 0.5) is 0 Å². The molecule has 1 saturated heterocycles. The number of benzene rings is 1. The second kappa shape index (κ2) is 29.6. The van der Waals surface area contributed by atoms with Crippen LogP contribution in [-0.4, -0.2) is 80.5 Å². The van der Waals surface area contributed by atoms with Gasteiger partial charge in [0.2, 0.25) is 18.2 Å². The van der Waals surface area contributed by atoms with Crippen molar-refractivity contribution in [1.29, 1.82) is 5.41 Å². The van der Waals surface area contributed by atoms with E-state index in [2.05, 4.69) is 17.6 Å². The Morgan fingerprint density at radius 1 is 1.04 bits per heavy atom. The average Bonchev–Trinajstić information content (AvgIpc) is 3.54. The number of amides is 3. The smallest absolute Gasteiger partial charge is 0.305 e. The number of methoxy groups -OCH3 is 1. The number of nitrogens with two attached hydrogens (primary N) is 1. The quantitative estimate of drug-likeness (QED) is 0.0433. The molecule has 2 aromatic rings. The summed E-state index contributed by atoms with van der Waals surface area (Å²) in [7, 11) is 1.69. The zero-order chi connectivity index (χ0) is 39.3. The van der Waals surface area contributed by atoms with Gasteiger partial charge in [0.25, 0.3) is 0 Å². The molecule has 2 aliphatic rings. The van der Waals surface area contributed by atoms with Crippen LogP contribution in [-0.2, 0) is 28.7 Å². The summed E-state index contributed by atoms with van der Waals surface area (Å²) in [6, 6.07) is 11.1. The number of nitrogens with one attached hydrogen (secondary N) is 3. The number of hydrogen-bond donors (Lipinski definition) is 4. The van der Waals surface area contributed by atoms with Crippen LogP contribution >= 0.6 is 11.3 Å². The summed E-state index contributed by atoms with van der Waals surface area (Å²) >= 11 is 1.43. The number of thiophene rings is 1. The summed E-state index contributed by atoms with van der Waals surface area (Å²) in [6.45, 7) is 15.9. The van der Waals surface area contributed by atoms with Crippen molar-refractivity contribution >= 4 is 41.4 Å². The number of nitrogens with zero attached hydrogens (tertiary/aromatic N) is 1. The monoisotopic (exact) mass is 747 g/mol. The highest BCUT2D eigenvalue weighted by Crippen LogP contribution is 2.48. The fraction of sp³-hybridized carbons (Fsp3) is 0.615. The zero-order valence-corrected chi connectivity index (χ0v) is 33.5. The Hall–Kier alpha value is -3.97. The SMILES string of the molecule is CC.CC.CCCCOc1ccccc1.CCOC(=O)CCCCCOC.C[C@@H](NC(=O)C1CC2CC2N1C(=O)CNC=O)c1cc(C(=N)N)cs1. The molecule has 13 heteroatoms. The highest BCUT2D eigenvalue weighted by atomic mass is 32.1. The van der Waals surface area contributed by atoms with Crippen molar-refractivity contribution in [1.82, 2.24) is 15.5 Å². The summed E-state index contributed by atoms with van der Waals surface area (Å²) in [6.07, 6.45) is 7.90. The summed E-state index contributed by atoms with van der Waals surface area (Å²) in [5, 5.41) is 14.5. The van der Waals surface area contributed by atoms with Gasteiger partial charge < -0.3 is 35.5 Å². The van der Waals surface area contributed by atoms with E-state index < -0.39 is 6.04 Å². The molecule has 52 heavy (non-hydrogen) atoms. The number of likely N-dealkylation sites (tertiary alicyclic amines) is 1. The van der Waals surface area contributed by atoms with Crippen molar-refractivity contribution in [2.24, 2.45) is 11.7 Å².